The first-order valence-corrected chi connectivity index (χ1v) is 3.44. The molecule has 0 aliphatic rings. The Hall–Kier alpha value is -0.195. The van der Waals surface area contributed by atoms with Crippen LogP contribution in [-0.2, 0) is 0 Å². The maximum absolute atomic E-state index is 2.25. The molecule has 0 nitrogen and oxygen atoms in total. The van der Waals surface area contributed by atoms with Gasteiger partial charge in [0, 0.05) is 0 Å². The highest BCUT2D eigenvalue weighted by atomic mass is 13.7. The summed E-state index contributed by atoms with van der Waals surface area (Å²) in [5.41, 5.74) is 0. The number of allylic oxidation sites excluding steroid dienone is 1. The monoisotopic (exact) mass is 110 g/mol. The Bertz CT molecular complexity index is 66.8. The van der Waals surface area contributed by atoms with Crippen LogP contribution in [0.25, 0.3) is 0 Å². The molecule has 0 unspecified atom stereocenters. The van der Waals surface area contributed by atoms with Gasteiger partial charge in [-0.2, -0.15) is 0 Å². The van der Waals surface area contributed by atoms with Crippen LogP contribution >= 0.6 is 0 Å². The van der Waals surface area contributed by atoms with E-state index < -0.39 is 0 Å². The van der Waals surface area contributed by atoms with Gasteiger partial charge in [0.2, 0.25) is 0 Å². The first-order valence-electron chi connectivity index (χ1n) is 3.44. The van der Waals surface area contributed by atoms with E-state index in [2.05, 4.69) is 32.7 Å². The maximum Gasteiger partial charge on any atom is 0.162 e. The molecule has 0 aliphatic heterocycles. The van der Waals surface area contributed by atoms with Crippen molar-refractivity contribution < 1.29 is 0 Å². The zero-order chi connectivity index (χ0) is 6.41. The highest BCUT2D eigenvalue weighted by Gasteiger charge is 1.96. The second-order valence-electron chi connectivity index (χ2n) is 2.29. The molecule has 0 rings (SSSR count). The molecule has 0 radical (unpaired) electrons. The summed E-state index contributed by atoms with van der Waals surface area (Å²) in [6, 6.07) is 0. The molecule has 1 heteroatoms. The lowest BCUT2D eigenvalue weighted by Crippen LogP contribution is -1.99. The fraction of sp³-hybridized carbons (Fsp3) is 0.714. The summed E-state index contributed by atoms with van der Waals surface area (Å²) >= 11 is 0. The molecule has 0 aromatic rings. The standard InChI is InChI=1S/C7H15B/c1-4-6-8(3)7-5-2/h4,6H,5,7H2,1-3H3. The van der Waals surface area contributed by atoms with E-state index in [0.29, 0.717) is 0 Å². The van der Waals surface area contributed by atoms with Crippen molar-refractivity contribution in [3.05, 3.63) is 12.1 Å². The fourth-order valence-electron chi connectivity index (χ4n) is 0.880. The number of rotatable bonds is 3. The summed E-state index contributed by atoms with van der Waals surface area (Å²) in [7, 11) is 0. The van der Waals surface area contributed by atoms with Gasteiger partial charge in [0.25, 0.3) is 0 Å². The lowest BCUT2D eigenvalue weighted by atomic mass is 9.49. The molecule has 46 valence electrons. The van der Waals surface area contributed by atoms with Crippen molar-refractivity contribution >= 4 is 6.71 Å². The second-order valence-corrected chi connectivity index (χ2v) is 2.29. The fourth-order valence-corrected chi connectivity index (χ4v) is 0.880. The molecule has 0 heterocycles. The quantitative estimate of drug-likeness (QED) is 0.490. The molecule has 0 spiro atoms. The van der Waals surface area contributed by atoms with Crippen LogP contribution in [0.5, 0.6) is 0 Å². The summed E-state index contributed by atoms with van der Waals surface area (Å²) < 4.78 is 0. The van der Waals surface area contributed by atoms with Gasteiger partial charge >= 0.3 is 0 Å². The van der Waals surface area contributed by atoms with Crippen molar-refractivity contribution in [2.24, 2.45) is 0 Å². The summed E-state index contributed by atoms with van der Waals surface area (Å²) in [4.78, 5) is 0. The Morgan fingerprint density at radius 3 is 2.50 bits per heavy atom. The average molecular weight is 110 g/mol. The van der Waals surface area contributed by atoms with Crippen LogP contribution < -0.4 is 0 Å². The Kier molecular flexibility index (Phi) is 4.83. The smallest absolute Gasteiger partial charge is 0.120 e. The minimum atomic E-state index is 0.782. The molecule has 0 aromatic heterocycles. The van der Waals surface area contributed by atoms with Crippen molar-refractivity contribution in [3.8, 4) is 0 Å². The third-order valence-corrected chi connectivity index (χ3v) is 1.26. The third-order valence-electron chi connectivity index (χ3n) is 1.26. The van der Waals surface area contributed by atoms with E-state index in [9.17, 15) is 0 Å². The van der Waals surface area contributed by atoms with E-state index in [1.54, 1.807) is 0 Å². The van der Waals surface area contributed by atoms with E-state index in [1.165, 1.54) is 12.7 Å². The molecule has 0 fully saturated rings. The van der Waals surface area contributed by atoms with Crippen LogP contribution in [0.4, 0.5) is 0 Å². The molecule has 0 aromatic carbocycles. The van der Waals surface area contributed by atoms with Crippen molar-refractivity contribution in [1.29, 1.82) is 0 Å². The third kappa shape index (κ3) is 3.98. The van der Waals surface area contributed by atoms with Crippen molar-refractivity contribution in [2.45, 2.75) is 33.4 Å². The van der Waals surface area contributed by atoms with Gasteiger partial charge < -0.3 is 0 Å². The largest absolute Gasteiger partial charge is 0.162 e. The van der Waals surface area contributed by atoms with Gasteiger partial charge in [-0.25, -0.2) is 0 Å². The average Bonchev–Trinajstić information content (AvgIpc) is 1.68. The maximum atomic E-state index is 2.25. The Morgan fingerprint density at radius 1 is 1.50 bits per heavy atom. The van der Waals surface area contributed by atoms with Crippen LogP contribution in [0.2, 0.25) is 13.1 Å². The van der Waals surface area contributed by atoms with E-state index in [0.717, 1.165) is 6.71 Å². The number of hydrogen-bond acceptors (Lipinski definition) is 0. The summed E-state index contributed by atoms with van der Waals surface area (Å²) in [6.45, 7) is 7.33. The first kappa shape index (κ1) is 7.80. The lowest BCUT2D eigenvalue weighted by Gasteiger charge is -1.94. The molecule has 0 atom stereocenters. The first-order chi connectivity index (χ1) is 3.81. The second kappa shape index (κ2) is 4.95. The molecule has 8 heavy (non-hydrogen) atoms. The summed E-state index contributed by atoms with van der Waals surface area (Å²) in [5.74, 6) is 2.25. The normalized spacial score (nSPS) is 10.4. The topological polar surface area (TPSA) is 0 Å². The molecule has 0 aliphatic carbocycles. The van der Waals surface area contributed by atoms with Crippen molar-refractivity contribution in [2.75, 3.05) is 0 Å². The Labute approximate surface area is 53.1 Å². The van der Waals surface area contributed by atoms with Crippen LogP contribution in [0.3, 0.4) is 0 Å². The van der Waals surface area contributed by atoms with Gasteiger partial charge in [-0.1, -0.05) is 26.5 Å². The molecular formula is C7H15B. The highest BCUT2D eigenvalue weighted by Crippen LogP contribution is 1.96. The van der Waals surface area contributed by atoms with E-state index >= 15 is 0 Å². The van der Waals surface area contributed by atoms with Crippen LogP contribution in [0.15, 0.2) is 12.1 Å². The van der Waals surface area contributed by atoms with Crippen molar-refractivity contribution in [1.82, 2.24) is 0 Å². The highest BCUT2D eigenvalue weighted by molar-refractivity contribution is 6.62. The molecule has 0 bridgehead atoms. The Morgan fingerprint density at radius 2 is 2.12 bits per heavy atom. The zero-order valence-electron chi connectivity index (χ0n) is 6.15. The van der Waals surface area contributed by atoms with Gasteiger partial charge in [0.05, 0.1) is 0 Å². The molecule has 0 amide bonds. The van der Waals surface area contributed by atoms with Gasteiger partial charge in [-0.05, 0) is 6.92 Å². The molecule has 0 saturated heterocycles. The van der Waals surface area contributed by atoms with E-state index in [1.807, 2.05) is 0 Å². The zero-order valence-corrected chi connectivity index (χ0v) is 6.15. The Balaban J connectivity index is 3.17. The van der Waals surface area contributed by atoms with Gasteiger partial charge in [-0.15, -0.1) is 12.1 Å². The minimum absolute atomic E-state index is 0.782. The van der Waals surface area contributed by atoms with E-state index in [-0.39, 0.29) is 0 Å². The minimum Gasteiger partial charge on any atom is -0.120 e. The van der Waals surface area contributed by atoms with Gasteiger partial charge in [0.1, 0.15) is 0 Å². The van der Waals surface area contributed by atoms with Gasteiger partial charge in [-0.3, -0.25) is 0 Å². The van der Waals surface area contributed by atoms with E-state index in [4.69, 9.17) is 0 Å². The SMILES string of the molecule is CC=CB(C)CCC. The summed E-state index contributed by atoms with van der Waals surface area (Å²) in [5, 5.41) is 0. The predicted octanol–water partition coefficient (Wildman–Crippen LogP) is 2.64. The van der Waals surface area contributed by atoms with Crippen molar-refractivity contribution in [3.63, 3.8) is 0 Å². The molecular weight excluding hydrogens is 94.9 g/mol. The number of hydrogen-bond donors (Lipinski definition) is 0. The lowest BCUT2D eigenvalue weighted by molar-refractivity contribution is 1.07. The summed E-state index contributed by atoms with van der Waals surface area (Å²) in [6.07, 6.45) is 4.75. The molecule has 0 N–H and O–H groups in total. The predicted molar refractivity (Wildman–Crippen MR) is 41.5 cm³/mol. The molecule has 0 saturated carbocycles. The van der Waals surface area contributed by atoms with Gasteiger partial charge in [0.15, 0.2) is 6.71 Å². The van der Waals surface area contributed by atoms with Crippen LogP contribution in [-0.4, -0.2) is 6.71 Å². The van der Waals surface area contributed by atoms with Crippen LogP contribution in [0, 0.1) is 0 Å². The van der Waals surface area contributed by atoms with Crippen LogP contribution in [0.1, 0.15) is 20.3 Å².